The van der Waals surface area contributed by atoms with Crippen molar-refractivity contribution in [2.75, 3.05) is 5.32 Å². The van der Waals surface area contributed by atoms with E-state index >= 15 is 0 Å². The number of halogens is 1. The summed E-state index contributed by atoms with van der Waals surface area (Å²) in [6.45, 7) is -0.192. The molecular weight excluding hydrogens is 420 g/mol. The standard InChI is InChI=1S/C22H17ClN4O2S/c23-17-8-4-5-15(11-17)12-18-13-24-22(30-18)25-20(28)14-27-21(29)10-9-19(26-27)16-6-2-1-3-7-16/h1-11,13H,12,14H2,(H,24,25,28). The minimum absolute atomic E-state index is 0.192. The van der Waals surface area contributed by atoms with Crippen molar-refractivity contribution in [2.45, 2.75) is 13.0 Å². The van der Waals surface area contributed by atoms with Crippen LogP contribution in [0.5, 0.6) is 0 Å². The molecule has 2 aromatic heterocycles. The zero-order valence-electron chi connectivity index (χ0n) is 15.8. The van der Waals surface area contributed by atoms with Crippen molar-refractivity contribution in [3.05, 3.63) is 98.7 Å². The fraction of sp³-hybridized carbons (Fsp3) is 0.0909. The average Bonchev–Trinajstić information content (AvgIpc) is 3.17. The van der Waals surface area contributed by atoms with Crippen molar-refractivity contribution in [2.24, 2.45) is 0 Å². The van der Waals surface area contributed by atoms with Crippen molar-refractivity contribution in [3.8, 4) is 11.3 Å². The second-order valence-corrected chi connectivity index (χ2v) is 8.12. The van der Waals surface area contributed by atoms with Gasteiger partial charge in [-0.1, -0.05) is 54.1 Å². The van der Waals surface area contributed by atoms with Crippen LogP contribution < -0.4 is 10.9 Å². The summed E-state index contributed by atoms with van der Waals surface area (Å²) in [7, 11) is 0. The summed E-state index contributed by atoms with van der Waals surface area (Å²) in [5.41, 5.74) is 2.22. The maximum Gasteiger partial charge on any atom is 0.267 e. The van der Waals surface area contributed by atoms with Crippen LogP contribution in [-0.2, 0) is 17.8 Å². The van der Waals surface area contributed by atoms with Crippen LogP contribution in [0.25, 0.3) is 11.3 Å². The topological polar surface area (TPSA) is 76.9 Å². The first-order valence-corrected chi connectivity index (χ1v) is 10.4. The smallest absolute Gasteiger partial charge is 0.267 e. The van der Waals surface area contributed by atoms with E-state index in [4.69, 9.17) is 11.6 Å². The number of hydrogen-bond donors (Lipinski definition) is 1. The Labute approximate surface area is 181 Å². The molecule has 0 bridgehead atoms. The van der Waals surface area contributed by atoms with E-state index in [0.717, 1.165) is 20.7 Å². The van der Waals surface area contributed by atoms with Crippen LogP contribution in [0.1, 0.15) is 10.4 Å². The molecule has 0 saturated heterocycles. The maximum absolute atomic E-state index is 12.4. The number of amides is 1. The molecule has 4 aromatic rings. The molecule has 6 nitrogen and oxygen atoms in total. The molecule has 30 heavy (non-hydrogen) atoms. The molecule has 8 heteroatoms. The fourth-order valence-electron chi connectivity index (χ4n) is 2.92. The Morgan fingerprint density at radius 3 is 2.70 bits per heavy atom. The first-order chi connectivity index (χ1) is 14.6. The lowest BCUT2D eigenvalue weighted by molar-refractivity contribution is -0.117. The molecule has 2 aromatic carbocycles. The molecule has 0 saturated carbocycles. The van der Waals surface area contributed by atoms with Crippen molar-refractivity contribution >= 4 is 34.0 Å². The number of aromatic nitrogens is 3. The monoisotopic (exact) mass is 436 g/mol. The summed E-state index contributed by atoms with van der Waals surface area (Å²) < 4.78 is 1.15. The highest BCUT2D eigenvalue weighted by atomic mass is 35.5. The van der Waals surface area contributed by atoms with Gasteiger partial charge in [-0.15, -0.1) is 11.3 Å². The van der Waals surface area contributed by atoms with Gasteiger partial charge in [-0.3, -0.25) is 9.59 Å². The van der Waals surface area contributed by atoms with Crippen molar-refractivity contribution in [1.82, 2.24) is 14.8 Å². The minimum atomic E-state index is -0.363. The Kier molecular flexibility index (Phi) is 6.02. The summed E-state index contributed by atoms with van der Waals surface area (Å²) >= 11 is 7.40. The van der Waals surface area contributed by atoms with Gasteiger partial charge in [0.2, 0.25) is 5.91 Å². The molecule has 2 heterocycles. The number of nitrogens with one attached hydrogen (secondary N) is 1. The third kappa shape index (κ3) is 5.00. The van der Waals surface area contributed by atoms with Crippen LogP contribution in [0.3, 0.4) is 0 Å². The van der Waals surface area contributed by atoms with E-state index < -0.39 is 0 Å². The largest absolute Gasteiger partial charge is 0.300 e. The number of rotatable bonds is 6. The molecule has 1 amide bonds. The molecule has 0 aliphatic carbocycles. The van der Waals surface area contributed by atoms with Gasteiger partial charge in [-0.05, 0) is 23.8 Å². The van der Waals surface area contributed by atoms with E-state index in [-0.39, 0.29) is 18.0 Å². The third-order valence-electron chi connectivity index (χ3n) is 4.30. The van der Waals surface area contributed by atoms with Crippen molar-refractivity contribution < 1.29 is 4.79 Å². The second kappa shape index (κ2) is 9.02. The van der Waals surface area contributed by atoms with E-state index in [9.17, 15) is 9.59 Å². The molecule has 0 aliphatic rings. The molecule has 0 fully saturated rings. The summed E-state index contributed by atoms with van der Waals surface area (Å²) in [5, 5.41) is 8.20. The van der Waals surface area contributed by atoms with Gasteiger partial charge < -0.3 is 5.32 Å². The molecule has 0 atom stereocenters. The summed E-state index contributed by atoms with van der Waals surface area (Å²) in [6, 6.07) is 20.2. The highest BCUT2D eigenvalue weighted by Gasteiger charge is 2.11. The molecule has 4 rings (SSSR count). The third-order valence-corrected chi connectivity index (χ3v) is 5.44. The number of carbonyl (C=O) groups excluding carboxylic acids is 1. The zero-order valence-corrected chi connectivity index (χ0v) is 17.4. The van der Waals surface area contributed by atoms with Crippen LogP contribution >= 0.6 is 22.9 Å². The van der Waals surface area contributed by atoms with E-state index in [2.05, 4.69) is 15.4 Å². The molecular formula is C22H17ClN4O2S. The van der Waals surface area contributed by atoms with Gasteiger partial charge in [0.25, 0.3) is 5.56 Å². The molecule has 0 radical (unpaired) electrons. The predicted molar refractivity (Wildman–Crippen MR) is 119 cm³/mol. The fourth-order valence-corrected chi connectivity index (χ4v) is 3.99. The number of anilines is 1. The summed E-state index contributed by atoms with van der Waals surface area (Å²) in [6.07, 6.45) is 2.40. The normalized spacial score (nSPS) is 10.7. The number of carbonyl (C=O) groups is 1. The van der Waals surface area contributed by atoms with E-state index in [1.807, 2.05) is 54.6 Å². The van der Waals surface area contributed by atoms with Crippen LogP contribution in [0, 0.1) is 0 Å². The zero-order chi connectivity index (χ0) is 20.9. The number of thiazole rings is 1. The first-order valence-electron chi connectivity index (χ1n) is 9.19. The van der Waals surface area contributed by atoms with Gasteiger partial charge in [0.1, 0.15) is 6.54 Å². The lowest BCUT2D eigenvalue weighted by Gasteiger charge is -2.07. The van der Waals surface area contributed by atoms with E-state index in [0.29, 0.717) is 22.3 Å². The molecule has 0 spiro atoms. The molecule has 0 unspecified atom stereocenters. The molecule has 0 aliphatic heterocycles. The van der Waals surface area contributed by atoms with Crippen LogP contribution in [0.2, 0.25) is 5.02 Å². The van der Waals surface area contributed by atoms with Gasteiger partial charge in [0.15, 0.2) is 5.13 Å². The van der Waals surface area contributed by atoms with Crippen LogP contribution in [-0.4, -0.2) is 20.7 Å². The quantitative estimate of drug-likeness (QED) is 0.490. The van der Waals surface area contributed by atoms with Crippen molar-refractivity contribution in [3.63, 3.8) is 0 Å². The van der Waals surface area contributed by atoms with Gasteiger partial charge in [-0.2, -0.15) is 5.10 Å². The Hall–Kier alpha value is -3.29. The summed E-state index contributed by atoms with van der Waals surface area (Å²) in [4.78, 5) is 29.8. The molecule has 150 valence electrons. The van der Waals surface area contributed by atoms with Gasteiger partial charge in [0.05, 0.1) is 5.69 Å². The Morgan fingerprint density at radius 2 is 1.90 bits per heavy atom. The van der Waals surface area contributed by atoms with Gasteiger partial charge in [-0.25, -0.2) is 9.67 Å². The lowest BCUT2D eigenvalue weighted by atomic mass is 10.1. The lowest BCUT2D eigenvalue weighted by Crippen LogP contribution is -2.29. The Bertz CT molecular complexity index is 1240. The van der Waals surface area contributed by atoms with E-state index in [1.165, 1.54) is 17.4 Å². The SMILES string of the molecule is O=C(Cn1nc(-c2ccccc2)ccc1=O)Nc1ncc(Cc2cccc(Cl)c2)s1. The molecule has 1 N–H and O–H groups in total. The highest BCUT2D eigenvalue weighted by Crippen LogP contribution is 2.22. The number of nitrogens with zero attached hydrogens (tertiary/aromatic N) is 3. The van der Waals surface area contributed by atoms with Crippen LogP contribution in [0.4, 0.5) is 5.13 Å². The van der Waals surface area contributed by atoms with Crippen molar-refractivity contribution in [1.29, 1.82) is 0 Å². The van der Waals surface area contributed by atoms with E-state index in [1.54, 1.807) is 12.3 Å². The Balaban J connectivity index is 1.43. The second-order valence-electron chi connectivity index (χ2n) is 6.57. The predicted octanol–water partition coefficient (Wildman–Crippen LogP) is 4.25. The van der Waals surface area contributed by atoms with Crippen LogP contribution in [0.15, 0.2) is 77.7 Å². The number of hydrogen-bond acceptors (Lipinski definition) is 5. The first kappa shape index (κ1) is 20.0. The summed E-state index contributed by atoms with van der Waals surface area (Å²) in [5.74, 6) is -0.363. The van der Waals surface area contributed by atoms with Gasteiger partial charge in [0, 0.05) is 34.1 Å². The maximum atomic E-state index is 12.4. The number of benzene rings is 2. The minimum Gasteiger partial charge on any atom is -0.300 e. The highest BCUT2D eigenvalue weighted by molar-refractivity contribution is 7.15. The van der Waals surface area contributed by atoms with Gasteiger partial charge >= 0.3 is 0 Å². The average molecular weight is 437 g/mol. The Morgan fingerprint density at radius 1 is 1.07 bits per heavy atom.